The monoisotopic (exact) mass is 231 g/mol. The Kier molecular flexibility index (Phi) is 3.18. The lowest BCUT2D eigenvalue weighted by molar-refractivity contribution is 0.338. The van der Waals surface area contributed by atoms with Crippen molar-refractivity contribution in [2.75, 3.05) is 6.61 Å². The predicted molar refractivity (Wildman–Crippen MR) is 69.4 cm³/mol. The largest absolute Gasteiger partial charge is 0.491 e. The number of nitrogens with zero attached hydrogens (tertiary/aromatic N) is 1. The average Bonchev–Trinajstić information content (AvgIpc) is 2.71. The third kappa shape index (κ3) is 2.18. The number of aromatic nitrogens is 1. The van der Waals surface area contributed by atoms with Gasteiger partial charge in [0, 0.05) is 18.1 Å². The van der Waals surface area contributed by atoms with E-state index in [4.69, 9.17) is 9.15 Å². The van der Waals surface area contributed by atoms with Gasteiger partial charge >= 0.3 is 0 Å². The fourth-order valence-electron chi connectivity index (χ4n) is 1.69. The molecule has 3 heteroatoms. The Labute approximate surface area is 101 Å². The number of hydrogen-bond donors (Lipinski definition) is 0. The van der Waals surface area contributed by atoms with E-state index in [9.17, 15) is 0 Å². The first-order chi connectivity index (χ1) is 8.15. The molecule has 0 fully saturated rings. The van der Waals surface area contributed by atoms with Crippen molar-refractivity contribution < 1.29 is 9.15 Å². The second kappa shape index (κ2) is 4.62. The SMILES string of the molecule is C=Cc1nc2cc(C(C)C)oc2cc1OCC. The fourth-order valence-corrected chi connectivity index (χ4v) is 1.69. The summed E-state index contributed by atoms with van der Waals surface area (Å²) in [7, 11) is 0. The van der Waals surface area contributed by atoms with Gasteiger partial charge in [-0.15, -0.1) is 0 Å². The van der Waals surface area contributed by atoms with Crippen molar-refractivity contribution in [2.24, 2.45) is 0 Å². The number of furan rings is 1. The van der Waals surface area contributed by atoms with Gasteiger partial charge in [0.2, 0.25) is 0 Å². The van der Waals surface area contributed by atoms with Crippen LogP contribution < -0.4 is 4.74 Å². The van der Waals surface area contributed by atoms with Crippen LogP contribution in [0, 0.1) is 0 Å². The van der Waals surface area contributed by atoms with Crippen molar-refractivity contribution in [2.45, 2.75) is 26.7 Å². The molecule has 0 atom stereocenters. The summed E-state index contributed by atoms with van der Waals surface area (Å²) in [6.07, 6.45) is 1.70. The maximum atomic E-state index is 5.74. The van der Waals surface area contributed by atoms with Gasteiger partial charge in [0.15, 0.2) is 5.58 Å². The second-order valence-electron chi connectivity index (χ2n) is 4.20. The molecule has 0 saturated heterocycles. The van der Waals surface area contributed by atoms with Gasteiger partial charge < -0.3 is 9.15 Å². The summed E-state index contributed by atoms with van der Waals surface area (Å²) in [5.74, 6) is 2.02. The highest BCUT2D eigenvalue weighted by molar-refractivity contribution is 5.77. The van der Waals surface area contributed by atoms with E-state index in [1.165, 1.54) is 0 Å². The molecule has 0 aliphatic heterocycles. The molecule has 2 heterocycles. The lowest BCUT2D eigenvalue weighted by atomic mass is 10.1. The van der Waals surface area contributed by atoms with Crippen LogP contribution in [0.15, 0.2) is 23.1 Å². The normalized spacial score (nSPS) is 11.1. The molecule has 0 aliphatic rings. The van der Waals surface area contributed by atoms with Crippen LogP contribution in [-0.2, 0) is 0 Å². The molecule has 2 aromatic rings. The molecule has 0 N–H and O–H groups in total. The summed E-state index contributed by atoms with van der Waals surface area (Å²) < 4.78 is 11.3. The molecular formula is C14H17NO2. The predicted octanol–water partition coefficient (Wildman–Crippen LogP) is 3.99. The number of pyridine rings is 1. The van der Waals surface area contributed by atoms with E-state index in [1.807, 2.05) is 19.1 Å². The molecule has 0 bridgehead atoms. The molecule has 0 radical (unpaired) electrons. The Morgan fingerprint density at radius 1 is 1.47 bits per heavy atom. The molecule has 0 saturated carbocycles. The van der Waals surface area contributed by atoms with Crippen LogP contribution in [-0.4, -0.2) is 11.6 Å². The second-order valence-corrected chi connectivity index (χ2v) is 4.20. The van der Waals surface area contributed by atoms with Gasteiger partial charge in [0.25, 0.3) is 0 Å². The average molecular weight is 231 g/mol. The zero-order valence-corrected chi connectivity index (χ0v) is 10.5. The molecule has 3 nitrogen and oxygen atoms in total. The van der Waals surface area contributed by atoms with Crippen LogP contribution in [0.3, 0.4) is 0 Å². The quantitative estimate of drug-likeness (QED) is 0.798. The van der Waals surface area contributed by atoms with Crippen LogP contribution in [0.5, 0.6) is 5.75 Å². The van der Waals surface area contributed by atoms with E-state index in [-0.39, 0.29) is 0 Å². The standard InChI is InChI=1S/C14H17NO2/c1-5-10-13(16-6-2)8-14-11(15-10)7-12(17-14)9(3)4/h5,7-9H,1,6H2,2-4H3. The van der Waals surface area contributed by atoms with E-state index >= 15 is 0 Å². The van der Waals surface area contributed by atoms with Crippen molar-refractivity contribution in [3.05, 3.63) is 30.2 Å². The van der Waals surface area contributed by atoms with Crippen LogP contribution in [0.1, 0.15) is 38.1 Å². The Hall–Kier alpha value is -1.77. The molecule has 0 amide bonds. The van der Waals surface area contributed by atoms with Gasteiger partial charge in [-0.2, -0.15) is 0 Å². The Morgan fingerprint density at radius 2 is 2.24 bits per heavy atom. The molecule has 0 spiro atoms. The van der Waals surface area contributed by atoms with Gasteiger partial charge in [0.1, 0.15) is 22.7 Å². The highest BCUT2D eigenvalue weighted by atomic mass is 16.5. The molecule has 17 heavy (non-hydrogen) atoms. The minimum absolute atomic E-state index is 0.354. The number of hydrogen-bond acceptors (Lipinski definition) is 3. The van der Waals surface area contributed by atoms with Gasteiger partial charge in [-0.25, -0.2) is 4.98 Å². The minimum atomic E-state index is 0.354. The maximum Gasteiger partial charge on any atom is 0.156 e. The first kappa shape index (κ1) is 11.7. The number of rotatable bonds is 4. The lowest BCUT2D eigenvalue weighted by Gasteiger charge is -2.05. The van der Waals surface area contributed by atoms with E-state index in [2.05, 4.69) is 25.4 Å². The lowest BCUT2D eigenvalue weighted by Crippen LogP contribution is -1.95. The topological polar surface area (TPSA) is 35.3 Å². The molecule has 0 aromatic carbocycles. The third-order valence-electron chi connectivity index (χ3n) is 2.58. The molecule has 90 valence electrons. The summed E-state index contributed by atoms with van der Waals surface area (Å²) in [6, 6.07) is 3.86. The zero-order chi connectivity index (χ0) is 12.4. The Bertz CT molecular complexity index is 540. The van der Waals surface area contributed by atoms with Crippen molar-refractivity contribution in [1.82, 2.24) is 4.98 Å². The van der Waals surface area contributed by atoms with Crippen LogP contribution in [0.25, 0.3) is 17.2 Å². The van der Waals surface area contributed by atoms with Crippen molar-refractivity contribution in [3.8, 4) is 5.75 Å². The van der Waals surface area contributed by atoms with Crippen molar-refractivity contribution in [3.63, 3.8) is 0 Å². The first-order valence-electron chi connectivity index (χ1n) is 5.85. The van der Waals surface area contributed by atoms with Crippen molar-refractivity contribution >= 4 is 17.2 Å². The van der Waals surface area contributed by atoms with Gasteiger partial charge in [-0.1, -0.05) is 20.4 Å². The Morgan fingerprint density at radius 3 is 2.82 bits per heavy atom. The molecular weight excluding hydrogens is 214 g/mol. The van der Waals surface area contributed by atoms with E-state index in [1.54, 1.807) is 6.08 Å². The highest BCUT2D eigenvalue weighted by Gasteiger charge is 2.12. The van der Waals surface area contributed by atoms with Gasteiger partial charge in [-0.3, -0.25) is 0 Å². The highest BCUT2D eigenvalue weighted by Crippen LogP contribution is 2.29. The smallest absolute Gasteiger partial charge is 0.156 e. The van der Waals surface area contributed by atoms with Gasteiger partial charge in [0.05, 0.1) is 6.61 Å². The molecule has 2 rings (SSSR count). The Balaban J connectivity index is 2.57. The fraction of sp³-hybridized carbons (Fsp3) is 0.357. The molecule has 2 aromatic heterocycles. The first-order valence-corrected chi connectivity index (χ1v) is 5.85. The van der Waals surface area contributed by atoms with Gasteiger partial charge in [-0.05, 0) is 13.0 Å². The molecule has 0 unspecified atom stereocenters. The van der Waals surface area contributed by atoms with E-state index < -0.39 is 0 Å². The third-order valence-corrected chi connectivity index (χ3v) is 2.58. The maximum absolute atomic E-state index is 5.74. The summed E-state index contributed by atoms with van der Waals surface area (Å²) >= 11 is 0. The van der Waals surface area contributed by atoms with Crippen LogP contribution in [0.4, 0.5) is 0 Å². The summed E-state index contributed by atoms with van der Waals surface area (Å²) in [4.78, 5) is 4.48. The summed E-state index contributed by atoms with van der Waals surface area (Å²) in [5.41, 5.74) is 2.38. The number of ether oxygens (including phenoxy) is 1. The summed E-state index contributed by atoms with van der Waals surface area (Å²) in [6.45, 7) is 10.5. The number of fused-ring (bicyclic) bond motifs is 1. The molecule has 0 aliphatic carbocycles. The van der Waals surface area contributed by atoms with Crippen LogP contribution in [0.2, 0.25) is 0 Å². The van der Waals surface area contributed by atoms with E-state index in [0.29, 0.717) is 12.5 Å². The minimum Gasteiger partial charge on any atom is -0.491 e. The van der Waals surface area contributed by atoms with Crippen molar-refractivity contribution in [1.29, 1.82) is 0 Å². The zero-order valence-electron chi connectivity index (χ0n) is 10.5. The van der Waals surface area contributed by atoms with E-state index in [0.717, 1.165) is 28.3 Å². The van der Waals surface area contributed by atoms with Crippen LogP contribution >= 0.6 is 0 Å². The summed E-state index contributed by atoms with van der Waals surface area (Å²) in [5, 5.41) is 0.